The molecule has 2 heterocycles. The van der Waals surface area contributed by atoms with Gasteiger partial charge in [-0.25, -0.2) is 9.67 Å². The number of fused-ring (bicyclic) bond motifs is 2. The lowest BCUT2D eigenvalue weighted by Crippen LogP contribution is -2.47. The maximum Gasteiger partial charge on any atom is 0.288 e. The molecule has 0 saturated carbocycles. The predicted molar refractivity (Wildman–Crippen MR) is 116 cm³/mol. The van der Waals surface area contributed by atoms with Gasteiger partial charge in [-0.05, 0) is 36.0 Å². The molecule has 0 fully saturated rings. The van der Waals surface area contributed by atoms with E-state index in [-0.39, 0.29) is 42.2 Å². The fourth-order valence-electron chi connectivity index (χ4n) is 4.69. The Morgan fingerprint density at radius 3 is 2.82 bits per heavy atom. The van der Waals surface area contributed by atoms with Crippen molar-refractivity contribution in [3.05, 3.63) is 65.0 Å². The normalized spacial score (nSPS) is 21.2. The average Bonchev–Trinajstić information content (AvgIpc) is 3.52. The van der Waals surface area contributed by atoms with E-state index < -0.39 is 5.91 Å². The van der Waals surface area contributed by atoms with Gasteiger partial charge in [-0.3, -0.25) is 19.5 Å². The van der Waals surface area contributed by atoms with Crippen LogP contribution in [0.3, 0.4) is 0 Å². The zero-order valence-corrected chi connectivity index (χ0v) is 17.8. The molecule has 0 aliphatic heterocycles. The minimum absolute atomic E-state index is 0.0188. The molecular formula is C22H24N8O3. The summed E-state index contributed by atoms with van der Waals surface area (Å²) >= 11 is 0. The number of nitrogens with zero attached hydrogens (tertiary/aromatic N) is 4. The number of aromatic amines is 1. The number of nitrogens with one attached hydrogen (secondary N) is 3. The molecular weight excluding hydrogens is 424 g/mol. The van der Waals surface area contributed by atoms with Gasteiger partial charge in [0.1, 0.15) is 12.9 Å². The Bertz CT molecular complexity index is 1220. The van der Waals surface area contributed by atoms with Gasteiger partial charge in [0.25, 0.3) is 5.91 Å². The number of H-pyrrole nitrogens is 1. The van der Waals surface area contributed by atoms with Gasteiger partial charge < -0.3 is 16.4 Å². The van der Waals surface area contributed by atoms with E-state index in [1.165, 1.54) is 16.6 Å². The summed E-state index contributed by atoms with van der Waals surface area (Å²) in [7, 11) is 0. The van der Waals surface area contributed by atoms with Crippen molar-refractivity contribution in [2.75, 3.05) is 0 Å². The second-order valence-electron chi connectivity index (χ2n) is 8.51. The summed E-state index contributed by atoms with van der Waals surface area (Å²) in [6.07, 6.45) is 5.96. The average molecular weight is 448 g/mol. The number of carbonyl (C=O) groups is 3. The lowest BCUT2D eigenvalue weighted by molar-refractivity contribution is -0.127. The standard InChI is InChI=1S/C22H24N8O3/c23-20(32)21-24-11-30(29-21)10-18(31)27-19-15-4-2-1-3-12(15)7-17(19)26-22(33)13-5-6-14-9-25-28-16(14)8-13/h1-4,9,11,13,17,19H,5-8,10H2,(H2,23,32)(H,25,28)(H,26,33)(H,27,31)/t13?,17-,19-/m1/s1. The second kappa shape index (κ2) is 8.49. The molecule has 0 saturated heterocycles. The highest BCUT2D eigenvalue weighted by molar-refractivity contribution is 5.88. The number of rotatable bonds is 6. The molecule has 1 aromatic carbocycles. The van der Waals surface area contributed by atoms with Gasteiger partial charge in [0.05, 0.1) is 18.3 Å². The quantitative estimate of drug-likeness (QED) is 0.408. The Morgan fingerprint density at radius 1 is 1.15 bits per heavy atom. The smallest absolute Gasteiger partial charge is 0.288 e. The molecule has 3 atom stereocenters. The van der Waals surface area contributed by atoms with Gasteiger partial charge >= 0.3 is 0 Å². The zero-order valence-electron chi connectivity index (χ0n) is 17.8. The summed E-state index contributed by atoms with van der Waals surface area (Å²) in [4.78, 5) is 40.8. The molecule has 11 heteroatoms. The number of hydrogen-bond donors (Lipinski definition) is 4. The number of aromatic nitrogens is 5. The summed E-state index contributed by atoms with van der Waals surface area (Å²) in [5, 5.41) is 17.2. The van der Waals surface area contributed by atoms with Gasteiger partial charge in [0.2, 0.25) is 17.6 Å². The predicted octanol–water partition coefficient (Wildman–Crippen LogP) is -0.196. The third kappa shape index (κ3) is 4.21. The highest BCUT2D eigenvalue weighted by atomic mass is 16.2. The molecule has 5 N–H and O–H groups in total. The van der Waals surface area contributed by atoms with Crippen LogP contribution in [0.25, 0.3) is 0 Å². The molecule has 2 aromatic heterocycles. The van der Waals surface area contributed by atoms with E-state index in [2.05, 4.69) is 30.9 Å². The third-order valence-electron chi connectivity index (χ3n) is 6.33. The van der Waals surface area contributed by atoms with Crippen LogP contribution in [0.15, 0.2) is 36.8 Å². The molecule has 2 aliphatic carbocycles. The molecule has 1 unspecified atom stereocenters. The fraction of sp³-hybridized carbons (Fsp3) is 0.364. The van der Waals surface area contributed by atoms with Crippen LogP contribution in [-0.4, -0.2) is 48.7 Å². The largest absolute Gasteiger partial charge is 0.363 e. The van der Waals surface area contributed by atoms with Crippen molar-refractivity contribution in [2.45, 2.75) is 44.3 Å². The first-order valence-electron chi connectivity index (χ1n) is 10.9. The summed E-state index contributed by atoms with van der Waals surface area (Å²) in [6, 6.07) is 7.20. The Hall–Kier alpha value is -4.02. The van der Waals surface area contributed by atoms with E-state index in [0.29, 0.717) is 12.8 Å². The van der Waals surface area contributed by atoms with Crippen LogP contribution in [0, 0.1) is 5.92 Å². The molecule has 3 amide bonds. The maximum absolute atomic E-state index is 13.1. The monoisotopic (exact) mass is 448 g/mol. The fourth-order valence-corrected chi connectivity index (χ4v) is 4.69. The van der Waals surface area contributed by atoms with Crippen molar-refractivity contribution in [1.82, 2.24) is 35.6 Å². The minimum Gasteiger partial charge on any atom is -0.363 e. The lowest BCUT2D eigenvalue weighted by Gasteiger charge is -2.27. The number of carbonyl (C=O) groups excluding carboxylic acids is 3. The van der Waals surface area contributed by atoms with Crippen molar-refractivity contribution in [3.8, 4) is 0 Å². The van der Waals surface area contributed by atoms with Crippen molar-refractivity contribution >= 4 is 17.7 Å². The molecule has 0 spiro atoms. The minimum atomic E-state index is -0.758. The van der Waals surface area contributed by atoms with Crippen molar-refractivity contribution < 1.29 is 14.4 Å². The highest BCUT2D eigenvalue weighted by Crippen LogP contribution is 2.32. The van der Waals surface area contributed by atoms with E-state index in [9.17, 15) is 14.4 Å². The van der Waals surface area contributed by atoms with Crippen LogP contribution >= 0.6 is 0 Å². The van der Waals surface area contributed by atoms with Crippen molar-refractivity contribution in [3.63, 3.8) is 0 Å². The van der Waals surface area contributed by atoms with E-state index in [1.807, 2.05) is 30.5 Å². The number of primary amides is 1. The van der Waals surface area contributed by atoms with E-state index in [0.717, 1.165) is 29.7 Å². The summed E-state index contributed by atoms with van der Waals surface area (Å²) < 4.78 is 1.26. The Balaban J connectivity index is 1.28. The van der Waals surface area contributed by atoms with Gasteiger partial charge in [0.15, 0.2) is 0 Å². The lowest BCUT2D eigenvalue weighted by atomic mass is 9.87. The van der Waals surface area contributed by atoms with E-state index >= 15 is 0 Å². The maximum atomic E-state index is 13.1. The van der Waals surface area contributed by atoms with Crippen LogP contribution in [0.4, 0.5) is 0 Å². The number of hydrogen-bond acceptors (Lipinski definition) is 6. The van der Waals surface area contributed by atoms with Crippen molar-refractivity contribution in [2.24, 2.45) is 11.7 Å². The summed E-state index contributed by atoms with van der Waals surface area (Å²) in [5.74, 6) is -1.37. The summed E-state index contributed by atoms with van der Waals surface area (Å²) in [6.45, 7) is -0.120. The first kappa shape index (κ1) is 20.9. The molecule has 0 bridgehead atoms. The Morgan fingerprint density at radius 2 is 2.00 bits per heavy atom. The van der Waals surface area contributed by atoms with E-state index in [1.54, 1.807) is 0 Å². The third-order valence-corrected chi connectivity index (χ3v) is 6.33. The van der Waals surface area contributed by atoms with Gasteiger partial charge in [-0.1, -0.05) is 24.3 Å². The summed E-state index contributed by atoms with van der Waals surface area (Å²) in [5.41, 5.74) is 9.42. The van der Waals surface area contributed by atoms with Crippen LogP contribution in [0.1, 0.15) is 45.5 Å². The Labute approximate surface area is 189 Å². The molecule has 3 aromatic rings. The van der Waals surface area contributed by atoms with E-state index in [4.69, 9.17) is 5.73 Å². The van der Waals surface area contributed by atoms with Crippen LogP contribution in [0.5, 0.6) is 0 Å². The number of nitrogens with two attached hydrogens (primary N) is 1. The van der Waals surface area contributed by atoms with Gasteiger partial charge in [0, 0.05) is 18.0 Å². The SMILES string of the molecule is NC(=O)c1ncn(CC(=O)N[C@@H]2c3ccccc3C[C@H]2NC(=O)C2CCc3cn[nH]c3C2)n1. The molecule has 0 radical (unpaired) electrons. The van der Waals surface area contributed by atoms with Crippen LogP contribution < -0.4 is 16.4 Å². The second-order valence-corrected chi connectivity index (χ2v) is 8.51. The van der Waals surface area contributed by atoms with Crippen LogP contribution in [0.2, 0.25) is 0 Å². The number of amides is 3. The first-order chi connectivity index (χ1) is 16.0. The van der Waals surface area contributed by atoms with Crippen LogP contribution in [-0.2, 0) is 35.4 Å². The van der Waals surface area contributed by atoms with Gasteiger partial charge in [-0.15, -0.1) is 5.10 Å². The number of aryl methyl sites for hydroxylation is 1. The molecule has 5 rings (SSSR count). The highest BCUT2D eigenvalue weighted by Gasteiger charge is 2.36. The number of benzene rings is 1. The van der Waals surface area contributed by atoms with Crippen molar-refractivity contribution in [1.29, 1.82) is 0 Å². The Kier molecular flexibility index (Phi) is 5.37. The molecule has 2 aliphatic rings. The van der Waals surface area contributed by atoms with Gasteiger partial charge in [-0.2, -0.15) is 5.10 Å². The topological polar surface area (TPSA) is 161 Å². The zero-order chi connectivity index (χ0) is 22.9. The molecule has 33 heavy (non-hydrogen) atoms. The molecule has 170 valence electrons. The first-order valence-corrected chi connectivity index (χ1v) is 10.9. The molecule has 11 nitrogen and oxygen atoms in total.